The molecule has 3 heteroatoms. The van der Waals surface area contributed by atoms with Gasteiger partial charge in [0.1, 0.15) is 0 Å². The molecule has 0 aliphatic heterocycles. The molecule has 0 fully saturated rings. The summed E-state index contributed by atoms with van der Waals surface area (Å²) in [5.74, 6) is 5.83. The number of aromatic nitrogens is 1. The maximum atomic E-state index is 5.83. The monoisotopic (exact) mass is 277 g/mol. The van der Waals surface area contributed by atoms with Crippen molar-refractivity contribution in [1.29, 1.82) is 0 Å². The molecule has 1 unspecified atom stereocenters. The first kappa shape index (κ1) is 13.7. The van der Waals surface area contributed by atoms with Crippen molar-refractivity contribution in [3.05, 3.63) is 77.6 Å². The number of hydrazine groups is 1. The number of rotatable bonds is 4. The summed E-state index contributed by atoms with van der Waals surface area (Å²) in [5.41, 5.74) is 6.57. The van der Waals surface area contributed by atoms with Crippen LogP contribution >= 0.6 is 0 Å². The van der Waals surface area contributed by atoms with Gasteiger partial charge in [-0.1, -0.05) is 49.4 Å². The molecular weight excluding hydrogens is 258 g/mol. The number of aryl methyl sites for hydroxylation is 1. The predicted octanol–water partition coefficient (Wildman–Crippen LogP) is 3.35. The molecule has 3 aromatic rings. The maximum Gasteiger partial charge on any atom is 0.0716 e. The van der Waals surface area contributed by atoms with Crippen molar-refractivity contribution < 1.29 is 0 Å². The maximum absolute atomic E-state index is 5.83. The summed E-state index contributed by atoms with van der Waals surface area (Å²) in [6, 6.07) is 16.8. The van der Waals surface area contributed by atoms with E-state index in [-0.39, 0.29) is 6.04 Å². The summed E-state index contributed by atoms with van der Waals surface area (Å²) < 4.78 is 0. The van der Waals surface area contributed by atoms with Gasteiger partial charge in [0.2, 0.25) is 0 Å². The first-order valence-corrected chi connectivity index (χ1v) is 7.21. The molecule has 21 heavy (non-hydrogen) atoms. The molecular formula is C18H19N3. The highest BCUT2D eigenvalue weighted by molar-refractivity contribution is 5.85. The van der Waals surface area contributed by atoms with E-state index >= 15 is 0 Å². The SMILES string of the molecule is CCc1ccc(C(NN)c2cccc3ccncc23)cc1. The van der Waals surface area contributed by atoms with E-state index in [4.69, 9.17) is 5.84 Å². The van der Waals surface area contributed by atoms with Gasteiger partial charge >= 0.3 is 0 Å². The Morgan fingerprint density at radius 2 is 1.90 bits per heavy atom. The van der Waals surface area contributed by atoms with Crippen molar-refractivity contribution in [1.82, 2.24) is 10.4 Å². The van der Waals surface area contributed by atoms with Crippen LogP contribution in [0.2, 0.25) is 0 Å². The third-order valence-electron chi connectivity index (χ3n) is 3.92. The van der Waals surface area contributed by atoms with Crippen molar-refractivity contribution in [2.45, 2.75) is 19.4 Å². The molecule has 3 rings (SSSR count). The van der Waals surface area contributed by atoms with Crippen LogP contribution < -0.4 is 11.3 Å². The second-order valence-corrected chi connectivity index (χ2v) is 5.14. The van der Waals surface area contributed by atoms with Gasteiger partial charge in [0.05, 0.1) is 6.04 Å². The number of benzene rings is 2. The predicted molar refractivity (Wildman–Crippen MR) is 86.7 cm³/mol. The van der Waals surface area contributed by atoms with E-state index in [1.165, 1.54) is 10.9 Å². The lowest BCUT2D eigenvalue weighted by Crippen LogP contribution is -2.29. The number of nitrogens with zero attached hydrogens (tertiary/aromatic N) is 1. The molecule has 0 saturated carbocycles. The van der Waals surface area contributed by atoms with E-state index in [0.29, 0.717) is 0 Å². The van der Waals surface area contributed by atoms with E-state index in [2.05, 4.69) is 59.8 Å². The second-order valence-electron chi connectivity index (χ2n) is 5.14. The Morgan fingerprint density at radius 3 is 2.62 bits per heavy atom. The smallest absolute Gasteiger partial charge is 0.0716 e. The largest absolute Gasteiger partial charge is 0.271 e. The highest BCUT2D eigenvalue weighted by atomic mass is 15.2. The fourth-order valence-corrected chi connectivity index (χ4v) is 2.70. The zero-order valence-electron chi connectivity index (χ0n) is 12.1. The third-order valence-corrected chi connectivity index (χ3v) is 3.92. The molecule has 1 atom stereocenters. The fraction of sp³-hybridized carbons (Fsp3) is 0.167. The van der Waals surface area contributed by atoms with Gasteiger partial charge in [0, 0.05) is 17.8 Å². The van der Waals surface area contributed by atoms with Crippen LogP contribution in [0.4, 0.5) is 0 Å². The molecule has 0 spiro atoms. The molecule has 0 amide bonds. The first-order valence-electron chi connectivity index (χ1n) is 7.21. The van der Waals surface area contributed by atoms with Gasteiger partial charge in [-0.05, 0) is 34.6 Å². The number of pyridine rings is 1. The van der Waals surface area contributed by atoms with Crippen LogP contribution in [-0.4, -0.2) is 4.98 Å². The van der Waals surface area contributed by atoms with Gasteiger partial charge in [0.15, 0.2) is 0 Å². The van der Waals surface area contributed by atoms with Crippen molar-refractivity contribution in [2.24, 2.45) is 5.84 Å². The molecule has 0 bridgehead atoms. The highest BCUT2D eigenvalue weighted by Gasteiger charge is 2.15. The van der Waals surface area contributed by atoms with E-state index in [0.717, 1.165) is 22.9 Å². The van der Waals surface area contributed by atoms with Gasteiger partial charge in [-0.3, -0.25) is 10.8 Å². The molecule has 1 aromatic heterocycles. The van der Waals surface area contributed by atoms with Crippen LogP contribution in [0, 0.1) is 0 Å². The van der Waals surface area contributed by atoms with E-state index in [9.17, 15) is 0 Å². The molecule has 0 radical (unpaired) electrons. The molecule has 0 aliphatic carbocycles. The van der Waals surface area contributed by atoms with Crippen LogP contribution in [0.25, 0.3) is 10.8 Å². The molecule has 0 aliphatic rings. The van der Waals surface area contributed by atoms with Crippen LogP contribution in [-0.2, 0) is 6.42 Å². The number of hydrogen-bond acceptors (Lipinski definition) is 3. The minimum absolute atomic E-state index is 0.0381. The van der Waals surface area contributed by atoms with Crippen LogP contribution in [0.5, 0.6) is 0 Å². The number of nitrogens with two attached hydrogens (primary N) is 1. The molecule has 106 valence electrons. The summed E-state index contributed by atoms with van der Waals surface area (Å²) >= 11 is 0. The summed E-state index contributed by atoms with van der Waals surface area (Å²) in [6.07, 6.45) is 4.75. The summed E-state index contributed by atoms with van der Waals surface area (Å²) in [7, 11) is 0. The van der Waals surface area contributed by atoms with Gasteiger partial charge in [-0.15, -0.1) is 0 Å². The normalized spacial score (nSPS) is 12.5. The number of hydrogen-bond donors (Lipinski definition) is 2. The average molecular weight is 277 g/mol. The number of fused-ring (bicyclic) bond motifs is 1. The van der Waals surface area contributed by atoms with Crippen LogP contribution in [0.3, 0.4) is 0 Å². The Kier molecular flexibility index (Phi) is 3.95. The van der Waals surface area contributed by atoms with Gasteiger partial charge < -0.3 is 0 Å². The van der Waals surface area contributed by atoms with Gasteiger partial charge in [-0.2, -0.15) is 0 Å². The standard InChI is InChI=1S/C18H19N3/c1-2-13-6-8-15(9-7-13)18(21-19)16-5-3-4-14-10-11-20-12-17(14)16/h3-12,18,21H,2,19H2,1H3. The van der Waals surface area contributed by atoms with Crippen molar-refractivity contribution in [3.63, 3.8) is 0 Å². The quantitative estimate of drug-likeness (QED) is 0.568. The summed E-state index contributed by atoms with van der Waals surface area (Å²) in [4.78, 5) is 4.24. The Balaban J connectivity index is 2.09. The molecule has 1 heterocycles. The Labute approximate surface area is 124 Å². The Morgan fingerprint density at radius 1 is 1.10 bits per heavy atom. The fourth-order valence-electron chi connectivity index (χ4n) is 2.70. The van der Waals surface area contributed by atoms with Gasteiger partial charge in [-0.25, -0.2) is 5.43 Å². The number of nitrogens with one attached hydrogen (secondary N) is 1. The lowest BCUT2D eigenvalue weighted by Gasteiger charge is -2.19. The summed E-state index contributed by atoms with van der Waals surface area (Å²) in [6.45, 7) is 2.16. The van der Waals surface area contributed by atoms with E-state index in [1.54, 1.807) is 0 Å². The Hall–Kier alpha value is -2.23. The van der Waals surface area contributed by atoms with Crippen molar-refractivity contribution in [2.75, 3.05) is 0 Å². The average Bonchev–Trinajstić information content (AvgIpc) is 2.56. The third kappa shape index (κ3) is 2.66. The zero-order valence-corrected chi connectivity index (χ0v) is 12.1. The van der Waals surface area contributed by atoms with Crippen molar-refractivity contribution >= 4 is 10.8 Å². The van der Waals surface area contributed by atoms with E-state index < -0.39 is 0 Å². The minimum atomic E-state index is -0.0381. The molecule has 0 saturated heterocycles. The van der Waals surface area contributed by atoms with E-state index in [1.807, 2.05) is 18.5 Å². The first-order chi connectivity index (χ1) is 10.3. The van der Waals surface area contributed by atoms with Crippen LogP contribution in [0.1, 0.15) is 29.7 Å². The topological polar surface area (TPSA) is 50.9 Å². The second kappa shape index (κ2) is 6.04. The zero-order chi connectivity index (χ0) is 14.7. The lowest BCUT2D eigenvalue weighted by atomic mass is 9.94. The summed E-state index contributed by atoms with van der Waals surface area (Å²) in [5, 5.41) is 2.30. The van der Waals surface area contributed by atoms with Crippen molar-refractivity contribution in [3.8, 4) is 0 Å². The molecule has 3 N–H and O–H groups in total. The molecule has 3 nitrogen and oxygen atoms in total. The Bertz CT molecular complexity index is 730. The lowest BCUT2D eigenvalue weighted by molar-refractivity contribution is 0.640. The van der Waals surface area contributed by atoms with Gasteiger partial charge in [0.25, 0.3) is 0 Å². The van der Waals surface area contributed by atoms with Crippen LogP contribution in [0.15, 0.2) is 60.9 Å². The minimum Gasteiger partial charge on any atom is -0.271 e. The molecule has 2 aromatic carbocycles. The highest BCUT2D eigenvalue weighted by Crippen LogP contribution is 2.28.